The van der Waals surface area contributed by atoms with Crippen LogP contribution in [0.5, 0.6) is 5.75 Å². The average molecular weight is 419 g/mol. The normalized spacial score (nSPS) is 11.3. The molecular formula is C22H30N2O4S. The fourth-order valence-corrected chi connectivity index (χ4v) is 3.93. The van der Waals surface area contributed by atoms with Gasteiger partial charge >= 0.3 is 0 Å². The van der Waals surface area contributed by atoms with Gasteiger partial charge in [0.2, 0.25) is 15.9 Å². The molecule has 1 amide bonds. The number of para-hydroxylation sites is 1. The van der Waals surface area contributed by atoms with Gasteiger partial charge in [0, 0.05) is 19.5 Å². The van der Waals surface area contributed by atoms with Crippen LogP contribution in [0.15, 0.2) is 47.4 Å². The molecule has 0 aliphatic carbocycles. The third-order valence-corrected chi connectivity index (χ3v) is 6.06. The van der Waals surface area contributed by atoms with Crippen LogP contribution in [0.4, 0.5) is 0 Å². The molecular weight excluding hydrogens is 388 g/mol. The Morgan fingerprint density at radius 1 is 1.00 bits per heavy atom. The summed E-state index contributed by atoms with van der Waals surface area (Å²) in [5, 5.41) is 2.72. The largest absolute Gasteiger partial charge is 0.493 e. The van der Waals surface area contributed by atoms with Crippen molar-refractivity contribution in [2.45, 2.75) is 44.9 Å². The number of aryl methyl sites for hydroxylation is 3. The molecule has 2 N–H and O–H groups in total. The predicted octanol–water partition coefficient (Wildman–Crippen LogP) is 3.12. The molecule has 6 nitrogen and oxygen atoms in total. The van der Waals surface area contributed by atoms with Gasteiger partial charge in [0.25, 0.3) is 0 Å². The zero-order valence-electron chi connectivity index (χ0n) is 17.3. The van der Waals surface area contributed by atoms with Crippen LogP contribution in [-0.2, 0) is 21.2 Å². The maximum absolute atomic E-state index is 12.2. The number of amides is 1. The summed E-state index contributed by atoms with van der Waals surface area (Å²) in [7, 11) is -3.56. The van der Waals surface area contributed by atoms with Gasteiger partial charge in [-0.3, -0.25) is 4.79 Å². The Bertz CT molecular complexity index is 889. The molecule has 0 aliphatic rings. The Kier molecular flexibility index (Phi) is 8.67. The molecule has 2 aromatic carbocycles. The van der Waals surface area contributed by atoms with Gasteiger partial charge in [-0.25, -0.2) is 13.1 Å². The van der Waals surface area contributed by atoms with Crippen molar-refractivity contribution in [3.05, 3.63) is 59.2 Å². The first-order valence-corrected chi connectivity index (χ1v) is 11.4. The highest BCUT2D eigenvalue weighted by Gasteiger charge is 2.13. The van der Waals surface area contributed by atoms with E-state index < -0.39 is 10.0 Å². The number of nitrogens with one attached hydrogen (secondary N) is 2. The van der Waals surface area contributed by atoms with Crippen LogP contribution in [0, 0.1) is 13.8 Å². The highest BCUT2D eigenvalue weighted by Crippen LogP contribution is 2.22. The molecule has 0 atom stereocenters. The number of ether oxygens (including phenoxy) is 1. The van der Waals surface area contributed by atoms with Gasteiger partial charge in [0.15, 0.2) is 0 Å². The first-order valence-electron chi connectivity index (χ1n) is 9.88. The Hall–Kier alpha value is -2.38. The Morgan fingerprint density at radius 3 is 2.28 bits per heavy atom. The van der Waals surface area contributed by atoms with Gasteiger partial charge in [-0.2, -0.15) is 0 Å². The zero-order chi connectivity index (χ0) is 21.3. The van der Waals surface area contributed by atoms with Crippen molar-refractivity contribution in [2.75, 3.05) is 19.7 Å². The highest BCUT2D eigenvalue weighted by atomic mass is 32.2. The van der Waals surface area contributed by atoms with Crippen molar-refractivity contribution < 1.29 is 17.9 Å². The first kappa shape index (κ1) is 22.9. The summed E-state index contributed by atoms with van der Waals surface area (Å²) in [5.41, 5.74) is 3.23. The molecule has 0 aliphatic heterocycles. The molecule has 0 aromatic heterocycles. The highest BCUT2D eigenvalue weighted by molar-refractivity contribution is 7.89. The lowest BCUT2D eigenvalue weighted by atomic mass is 10.1. The fraction of sp³-hybridized carbons (Fsp3) is 0.409. The summed E-state index contributed by atoms with van der Waals surface area (Å²) in [4.78, 5) is 12.1. The molecule has 0 bridgehead atoms. The third kappa shape index (κ3) is 7.18. The summed E-state index contributed by atoms with van der Waals surface area (Å²) in [6.45, 7) is 6.84. The van der Waals surface area contributed by atoms with Crippen LogP contribution >= 0.6 is 0 Å². The zero-order valence-corrected chi connectivity index (χ0v) is 18.1. The smallest absolute Gasteiger partial charge is 0.240 e. The van der Waals surface area contributed by atoms with Gasteiger partial charge in [0.1, 0.15) is 5.75 Å². The van der Waals surface area contributed by atoms with E-state index >= 15 is 0 Å². The van der Waals surface area contributed by atoms with Crippen LogP contribution < -0.4 is 14.8 Å². The monoisotopic (exact) mass is 418 g/mol. The van der Waals surface area contributed by atoms with E-state index in [-0.39, 0.29) is 23.9 Å². The minimum atomic E-state index is -3.56. The van der Waals surface area contributed by atoms with Crippen molar-refractivity contribution in [1.82, 2.24) is 10.0 Å². The molecule has 0 heterocycles. The van der Waals surface area contributed by atoms with E-state index in [1.54, 1.807) is 24.3 Å². The molecule has 2 aromatic rings. The van der Waals surface area contributed by atoms with Gasteiger partial charge in [-0.1, -0.05) is 37.3 Å². The van der Waals surface area contributed by atoms with Crippen LogP contribution in [0.2, 0.25) is 0 Å². The summed E-state index contributed by atoms with van der Waals surface area (Å²) < 4.78 is 32.8. The van der Waals surface area contributed by atoms with Crippen LogP contribution in [0.1, 0.15) is 36.5 Å². The van der Waals surface area contributed by atoms with Gasteiger partial charge in [-0.05, 0) is 55.5 Å². The van der Waals surface area contributed by atoms with Gasteiger partial charge in [0.05, 0.1) is 11.5 Å². The number of benzene rings is 2. The maximum atomic E-state index is 12.2. The lowest BCUT2D eigenvalue weighted by Gasteiger charge is -2.12. The van der Waals surface area contributed by atoms with E-state index in [0.29, 0.717) is 19.4 Å². The molecule has 0 saturated carbocycles. The second kappa shape index (κ2) is 11.0. The van der Waals surface area contributed by atoms with Crippen molar-refractivity contribution >= 4 is 15.9 Å². The van der Waals surface area contributed by atoms with E-state index in [0.717, 1.165) is 28.9 Å². The van der Waals surface area contributed by atoms with E-state index in [1.165, 1.54) is 0 Å². The third-order valence-electron chi connectivity index (χ3n) is 4.58. The van der Waals surface area contributed by atoms with Crippen LogP contribution in [0.3, 0.4) is 0 Å². The number of rotatable bonds is 11. The molecule has 2 rings (SSSR count). The van der Waals surface area contributed by atoms with Gasteiger partial charge < -0.3 is 10.1 Å². The molecule has 158 valence electrons. The Labute approximate surface area is 173 Å². The summed E-state index contributed by atoms with van der Waals surface area (Å²) in [6, 6.07) is 12.8. The predicted molar refractivity (Wildman–Crippen MR) is 115 cm³/mol. The number of carbonyl (C=O) groups excluding carboxylic acids is 1. The van der Waals surface area contributed by atoms with Crippen LogP contribution in [-0.4, -0.2) is 34.0 Å². The second-order valence-electron chi connectivity index (χ2n) is 6.92. The number of carbonyl (C=O) groups is 1. The topological polar surface area (TPSA) is 84.5 Å². The Morgan fingerprint density at radius 2 is 1.66 bits per heavy atom. The average Bonchev–Trinajstić information content (AvgIpc) is 2.70. The standard InChI is InChI=1S/C22H30N2O4S/c1-4-19-10-12-20(13-11-19)29(26,27)24-15-14-23-21(25)9-6-16-28-22-17(2)7-5-8-18(22)3/h5,7-8,10-13,24H,4,6,9,14-16H2,1-3H3,(H,23,25). The van der Waals surface area contributed by atoms with Crippen molar-refractivity contribution in [2.24, 2.45) is 0 Å². The summed E-state index contributed by atoms with van der Waals surface area (Å²) in [5.74, 6) is 0.746. The minimum absolute atomic E-state index is 0.124. The number of sulfonamides is 1. The molecule has 0 spiro atoms. The molecule has 29 heavy (non-hydrogen) atoms. The van der Waals surface area contributed by atoms with Crippen molar-refractivity contribution in [3.63, 3.8) is 0 Å². The number of hydrogen-bond donors (Lipinski definition) is 2. The van der Waals surface area contributed by atoms with E-state index in [1.807, 2.05) is 39.0 Å². The SMILES string of the molecule is CCc1ccc(S(=O)(=O)NCCNC(=O)CCCOc2c(C)cccc2C)cc1. The molecule has 0 radical (unpaired) electrons. The first-order chi connectivity index (χ1) is 13.8. The lowest BCUT2D eigenvalue weighted by molar-refractivity contribution is -0.121. The number of hydrogen-bond acceptors (Lipinski definition) is 4. The van der Waals surface area contributed by atoms with E-state index in [9.17, 15) is 13.2 Å². The van der Waals surface area contributed by atoms with Crippen molar-refractivity contribution in [3.8, 4) is 5.75 Å². The molecule has 7 heteroatoms. The second-order valence-corrected chi connectivity index (χ2v) is 8.69. The van der Waals surface area contributed by atoms with Gasteiger partial charge in [-0.15, -0.1) is 0 Å². The Balaban J connectivity index is 1.65. The summed E-state index contributed by atoms with van der Waals surface area (Å²) in [6.07, 6.45) is 1.78. The quantitative estimate of drug-likeness (QED) is 0.549. The van der Waals surface area contributed by atoms with E-state index in [4.69, 9.17) is 4.74 Å². The molecule has 0 fully saturated rings. The molecule has 0 saturated heterocycles. The maximum Gasteiger partial charge on any atom is 0.240 e. The summed E-state index contributed by atoms with van der Waals surface area (Å²) >= 11 is 0. The minimum Gasteiger partial charge on any atom is -0.493 e. The molecule has 0 unspecified atom stereocenters. The fourth-order valence-electron chi connectivity index (χ4n) is 2.90. The van der Waals surface area contributed by atoms with E-state index in [2.05, 4.69) is 10.0 Å². The van der Waals surface area contributed by atoms with Crippen molar-refractivity contribution in [1.29, 1.82) is 0 Å². The lowest BCUT2D eigenvalue weighted by Crippen LogP contribution is -2.34. The van der Waals surface area contributed by atoms with Crippen LogP contribution in [0.25, 0.3) is 0 Å².